The van der Waals surface area contributed by atoms with Crippen molar-refractivity contribution in [1.29, 1.82) is 0 Å². The molecule has 12 heteroatoms. The quantitative estimate of drug-likeness (QED) is 0.155. The topological polar surface area (TPSA) is 49.4 Å². The second-order valence-electron chi connectivity index (χ2n) is 12.2. The minimum Gasteiger partial charge on any atom is -0.355 e. The molecule has 0 atom stereocenters. The van der Waals surface area contributed by atoms with Gasteiger partial charge in [0, 0.05) is 51.9 Å². The van der Waals surface area contributed by atoms with Crippen molar-refractivity contribution < 1.29 is 35.9 Å². The van der Waals surface area contributed by atoms with E-state index in [1.54, 1.807) is 45.4 Å². The van der Waals surface area contributed by atoms with Crippen LogP contribution in [-0.2, 0) is 12.4 Å². The fraction of sp³-hybridized carbons (Fsp3) is 0.156. The number of hydrogen-bond donors (Lipinski definition) is 1. The highest BCUT2D eigenvalue weighted by Gasteiger charge is 2.31. The molecular weight excluding hydrogens is 779 g/mol. The Kier molecular flexibility index (Phi) is 15.6. The van der Waals surface area contributed by atoms with Crippen LogP contribution in [0.15, 0.2) is 165 Å². The number of amides is 2. The Hall–Kier alpha value is -5.46. The Morgan fingerprint density at radius 1 is 0.526 bits per heavy atom. The number of nitrogens with zero attached hydrogens (tertiary/aromatic N) is 1. The summed E-state index contributed by atoms with van der Waals surface area (Å²) in [6.07, 6.45) is -8.69. The van der Waals surface area contributed by atoms with Crippen molar-refractivity contribution in [2.45, 2.75) is 45.8 Å². The van der Waals surface area contributed by atoms with E-state index >= 15 is 0 Å². The fourth-order valence-electron chi connectivity index (χ4n) is 5.32. The number of rotatable bonds is 8. The molecule has 0 fully saturated rings. The van der Waals surface area contributed by atoms with Gasteiger partial charge in [-0.1, -0.05) is 98.0 Å². The van der Waals surface area contributed by atoms with Crippen LogP contribution in [0, 0.1) is 0 Å². The maximum absolute atomic E-state index is 12.8. The summed E-state index contributed by atoms with van der Waals surface area (Å²) < 4.78 is 76.4. The summed E-state index contributed by atoms with van der Waals surface area (Å²) in [7, 11) is 4.97. The average molecular weight is 819 g/mol. The van der Waals surface area contributed by atoms with Crippen molar-refractivity contribution in [3.05, 3.63) is 168 Å². The Balaban J connectivity index is 0.000000242. The number of halogens is 6. The smallest absolute Gasteiger partial charge is 0.355 e. The van der Waals surface area contributed by atoms with Gasteiger partial charge in [-0.3, -0.25) is 9.59 Å². The van der Waals surface area contributed by atoms with Crippen LogP contribution in [0.5, 0.6) is 0 Å². The number of alkyl halides is 6. The first-order valence-corrected chi connectivity index (χ1v) is 19.3. The summed E-state index contributed by atoms with van der Waals surface area (Å²) in [5.41, 5.74) is 3.36. The summed E-state index contributed by atoms with van der Waals surface area (Å²) in [5, 5.41) is 2.60. The van der Waals surface area contributed by atoms with E-state index in [4.69, 9.17) is 0 Å². The predicted molar refractivity (Wildman–Crippen MR) is 218 cm³/mol. The molecule has 0 spiro atoms. The number of carbonyl (C=O) groups is 2. The highest BCUT2D eigenvalue weighted by molar-refractivity contribution is 7.99. The Morgan fingerprint density at radius 2 is 0.912 bits per heavy atom. The molecule has 0 aliphatic heterocycles. The maximum atomic E-state index is 12.8. The van der Waals surface area contributed by atoms with Gasteiger partial charge in [-0.15, -0.1) is 0 Å². The lowest BCUT2D eigenvalue weighted by Gasteiger charge is -2.13. The lowest BCUT2D eigenvalue weighted by atomic mass is 10.0. The van der Waals surface area contributed by atoms with E-state index in [2.05, 4.69) is 5.32 Å². The van der Waals surface area contributed by atoms with Crippen molar-refractivity contribution in [2.75, 3.05) is 21.1 Å². The molecule has 296 valence electrons. The average Bonchev–Trinajstić information content (AvgIpc) is 3.21. The minimum atomic E-state index is -4.35. The van der Waals surface area contributed by atoms with Gasteiger partial charge in [0.2, 0.25) is 0 Å². The van der Waals surface area contributed by atoms with Crippen molar-refractivity contribution in [3.63, 3.8) is 0 Å². The van der Waals surface area contributed by atoms with Gasteiger partial charge in [0.15, 0.2) is 0 Å². The van der Waals surface area contributed by atoms with Gasteiger partial charge < -0.3 is 10.2 Å². The molecule has 0 saturated heterocycles. The molecule has 0 unspecified atom stereocenters. The van der Waals surface area contributed by atoms with Gasteiger partial charge in [0.05, 0.1) is 11.1 Å². The molecule has 0 radical (unpaired) electrons. The Morgan fingerprint density at radius 3 is 1.30 bits per heavy atom. The molecule has 2 amide bonds. The molecular formula is C45H40F6N2O2S2. The number of hydrogen-bond acceptors (Lipinski definition) is 4. The molecule has 0 bridgehead atoms. The second kappa shape index (κ2) is 20.1. The van der Waals surface area contributed by atoms with Gasteiger partial charge in [-0.2, -0.15) is 26.3 Å². The van der Waals surface area contributed by atoms with Crippen LogP contribution >= 0.6 is 23.5 Å². The molecule has 0 heterocycles. The third-order valence-electron chi connectivity index (χ3n) is 8.08. The number of benzene rings is 6. The highest BCUT2D eigenvalue weighted by Crippen LogP contribution is 2.39. The molecule has 0 aromatic heterocycles. The van der Waals surface area contributed by atoms with E-state index in [0.29, 0.717) is 20.9 Å². The summed E-state index contributed by atoms with van der Waals surface area (Å²) in [4.78, 5) is 28.8. The minimum absolute atomic E-state index is 0.0882. The van der Waals surface area contributed by atoms with Gasteiger partial charge in [0.25, 0.3) is 11.8 Å². The van der Waals surface area contributed by atoms with Gasteiger partial charge in [0.1, 0.15) is 0 Å². The van der Waals surface area contributed by atoms with Crippen LogP contribution in [-0.4, -0.2) is 37.9 Å². The zero-order chi connectivity index (χ0) is 41.8. The van der Waals surface area contributed by atoms with Crippen LogP contribution in [0.1, 0.15) is 45.7 Å². The zero-order valence-electron chi connectivity index (χ0n) is 31.7. The van der Waals surface area contributed by atoms with E-state index < -0.39 is 23.5 Å². The zero-order valence-corrected chi connectivity index (χ0v) is 33.3. The number of nitrogens with one attached hydrogen (secondary N) is 1. The highest BCUT2D eigenvalue weighted by atomic mass is 32.2. The van der Waals surface area contributed by atoms with Gasteiger partial charge in [-0.25, -0.2) is 0 Å². The monoisotopic (exact) mass is 818 g/mol. The fourth-order valence-corrected chi connectivity index (χ4v) is 7.25. The Bertz CT molecular complexity index is 2260. The molecule has 0 aliphatic carbocycles. The molecule has 6 aromatic rings. The number of carbonyl (C=O) groups excluding carboxylic acids is 2. The van der Waals surface area contributed by atoms with Crippen LogP contribution in [0.2, 0.25) is 0 Å². The predicted octanol–water partition coefficient (Wildman–Crippen LogP) is 13.1. The van der Waals surface area contributed by atoms with E-state index in [1.807, 2.05) is 86.6 Å². The molecule has 57 heavy (non-hydrogen) atoms. The standard InChI is InChI=1S/C22H18F3NOS.C21H16F3NOS.C2H6/c1-26(2)21(27)16-7-5-6-15(14-16)19-8-3-4-9-20(19)28-18-12-10-17(11-13-18)22(23,24)25;1-25-20(26)15-6-4-5-14(13-15)18-7-2-3-8-19(18)27-17-11-9-16(10-12-17)21(22,23)24;1-2/h3-14H,1-2H3;2-13H,1H3,(H,25,26);1-2H3. The van der Waals surface area contributed by atoms with Crippen LogP contribution in [0.25, 0.3) is 22.3 Å². The summed E-state index contributed by atoms with van der Waals surface area (Å²) >= 11 is 2.77. The van der Waals surface area contributed by atoms with Gasteiger partial charge in [-0.05, 0) is 107 Å². The third kappa shape index (κ3) is 12.3. The third-order valence-corrected chi connectivity index (χ3v) is 10.3. The van der Waals surface area contributed by atoms with Crippen molar-refractivity contribution in [3.8, 4) is 22.3 Å². The lowest BCUT2D eigenvalue weighted by Crippen LogP contribution is -2.21. The van der Waals surface area contributed by atoms with E-state index in [1.165, 1.54) is 52.7 Å². The molecule has 1 N–H and O–H groups in total. The molecule has 6 aromatic carbocycles. The van der Waals surface area contributed by atoms with Crippen molar-refractivity contribution >= 4 is 35.3 Å². The van der Waals surface area contributed by atoms with Crippen LogP contribution < -0.4 is 5.32 Å². The van der Waals surface area contributed by atoms with E-state index in [-0.39, 0.29) is 11.8 Å². The summed E-state index contributed by atoms with van der Waals surface area (Å²) in [5.74, 6) is -0.264. The van der Waals surface area contributed by atoms with Crippen LogP contribution in [0.3, 0.4) is 0 Å². The molecule has 4 nitrogen and oxygen atoms in total. The second-order valence-corrected chi connectivity index (χ2v) is 14.4. The normalized spacial score (nSPS) is 11.0. The van der Waals surface area contributed by atoms with Crippen molar-refractivity contribution in [2.24, 2.45) is 0 Å². The summed E-state index contributed by atoms with van der Waals surface area (Å²) in [6, 6.07) is 40.0. The molecule has 0 aliphatic rings. The molecule has 6 rings (SSSR count). The maximum Gasteiger partial charge on any atom is 0.416 e. The molecule has 0 saturated carbocycles. The van der Waals surface area contributed by atoms with Crippen molar-refractivity contribution in [1.82, 2.24) is 10.2 Å². The first kappa shape index (κ1) is 44.3. The SMILES string of the molecule is CC.CN(C)C(=O)c1cccc(-c2ccccc2Sc2ccc(C(F)(F)F)cc2)c1.CNC(=O)c1cccc(-c2ccccc2Sc2ccc(C(F)(F)F)cc2)c1. The first-order chi connectivity index (χ1) is 27.1. The van der Waals surface area contributed by atoms with Crippen LogP contribution in [0.4, 0.5) is 26.3 Å². The Labute approximate surface area is 337 Å². The van der Waals surface area contributed by atoms with E-state index in [0.717, 1.165) is 56.3 Å². The van der Waals surface area contributed by atoms with Gasteiger partial charge >= 0.3 is 12.4 Å². The first-order valence-electron chi connectivity index (χ1n) is 17.7. The summed E-state index contributed by atoms with van der Waals surface area (Å²) in [6.45, 7) is 4.00. The lowest BCUT2D eigenvalue weighted by molar-refractivity contribution is -0.138. The largest absolute Gasteiger partial charge is 0.416 e. The van der Waals surface area contributed by atoms with E-state index in [9.17, 15) is 35.9 Å².